The van der Waals surface area contributed by atoms with Crippen molar-refractivity contribution in [2.24, 2.45) is 0 Å². The Kier molecular flexibility index (Phi) is 3.80. The lowest BCUT2D eigenvalue weighted by atomic mass is 10.4. The number of anilines is 1. The van der Waals surface area contributed by atoms with Crippen LogP contribution in [0.4, 0.5) is 5.13 Å². The number of thiazole rings is 1. The van der Waals surface area contributed by atoms with Crippen molar-refractivity contribution in [1.82, 2.24) is 10.3 Å². The van der Waals surface area contributed by atoms with Crippen LogP contribution >= 0.6 is 22.7 Å². The van der Waals surface area contributed by atoms with E-state index in [4.69, 9.17) is 0 Å². The van der Waals surface area contributed by atoms with E-state index in [2.05, 4.69) is 15.0 Å². The molecule has 0 aromatic carbocycles. The van der Waals surface area contributed by atoms with Crippen molar-refractivity contribution in [1.29, 1.82) is 0 Å². The molecule has 0 bridgehead atoms. The summed E-state index contributed by atoms with van der Waals surface area (Å²) in [7, 11) is -3.54. The first kappa shape index (κ1) is 14.0. The minimum atomic E-state index is -3.54. The van der Waals surface area contributed by atoms with Gasteiger partial charge < -0.3 is 5.32 Å². The summed E-state index contributed by atoms with van der Waals surface area (Å²) in [5.74, 6) is 0. The van der Waals surface area contributed by atoms with Crippen LogP contribution in [0.5, 0.6) is 0 Å². The van der Waals surface area contributed by atoms with Crippen molar-refractivity contribution in [3.05, 3.63) is 27.4 Å². The molecule has 0 saturated heterocycles. The fourth-order valence-corrected chi connectivity index (χ4v) is 5.23. The molecule has 0 amide bonds. The highest BCUT2D eigenvalue weighted by atomic mass is 32.2. The fraction of sp³-hybridized carbons (Fsp3) is 0.417. The summed E-state index contributed by atoms with van der Waals surface area (Å²) in [6.07, 6.45) is 4.02. The molecule has 0 aliphatic heterocycles. The third kappa shape index (κ3) is 3.20. The van der Waals surface area contributed by atoms with Gasteiger partial charge in [0.2, 0.25) is 0 Å². The average Bonchev–Trinajstić information content (AvgIpc) is 2.93. The highest BCUT2D eigenvalue weighted by Crippen LogP contribution is 2.28. The molecule has 5 nitrogen and oxygen atoms in total. The van der Waals surface area contributed by atoms with Gasteiger partial charge in [0.1, 0.15) is 4.90 Å². The van der Waals surface area contributed by atoms with Crippen LogP contribution in [0.2, 0.25) is 0 Å². The molecule has 2 aromatic heterocycles. The van der Waals surface area contributed by atoms with Crippen LogP contribution in [0, 0.1) is 6.92 Å². The molecule has 1 aliphatic rings. The monoisotopic (exact) mass is 329 g/mol. The number of rotatable bonds is 6. The van der Waals surface area contributed by atoms with E-state index in [-0.39, 0.29) is 0 Å². The second-order valence-corrected chi connectivity index (χ2v) is 8.62. The van der Waals surface area contributed by atoms with Gasteiger partial charge in [-0.2, -0.15) is 0 Å². The number of hydrogen-bond acceptors (Lipinski definition) is 6. The summed E-state index contributed by atoms with van der Waals surface area (Å²) in [6.45, 7) is 2.57. The van der Waals surface area contributed by atoms with Gasteiger partial charge >= 0.3 is 0 Å². The van der Waals surface area contributed by atoms with Crippen molar-refractivity contribution < 1.29 is 8.42 Å². The molecule has 0 spiro atoms. The first-order chi connectivity index (χ1) is 9.54. The maximum absolute atomic E-state index is 12.3. The number of hydrogen-bond donors (Lipinski definition) is 2. The van der Waals surface area contributed by atoms with E-state index in [0.29, 0.717) is 16.1 Å². The van der Waals surface area contributed by atoms with Gasteiger partial charge in [0.05, 0.1) is 0 Å². The maximum Gasteiger partial charge on any atom is 0.264 e. The van der Waals surface area contributed by atoms with Gasteiger partial charge in [-0.1, -0.05) is 0 Å². The van der Waals surface area contributed by atoms with E-state index in [1.807, 2.05) is 6.92 Å². The number of sulfonamides is 1. The standard InChI is InChI=1S/C12H15N3O2S3/c1-8-11(6-10(19-8)7-14-9-2-3-9)20(16,17)15-12-13-4-5-18-12/h4-6,9,14H,2-3,7H2,1H3,(H,13,15). The summed E-state index contributed by atoms with van der Waals surface area (Å²) in [6, 6.07) is 2.37. The molecule has 0 unspecified atom stereocenters. The SMILES string of the molecule is Cc1sc(CNC2CC2)cc1S(=O)(=O)Nc1nccs1. The molecule has 8 heteroatoms. The topological polar surface area (TPSA) is 71.1 Å². The summed E-state index contributed by atoms with van der Waals surface area (Å²) >= 11 is 2.79. The number of aromatic nitrogens is 1. The molecular weight excluding hydrogens is 314 g/mol. The zero-order chi connectivity index (χ0) is 14.2. The lowest BCUT2D eigenvalue weighted by molar-refractivity contribution is 0.601. The van der Waals surface area contributed by atoms with Crippen molar-refractivity contribution >= 4 is 37.8 Å². The molecule has 1 aliphatic carbocycles. The summed E-state index contributed by atoms with van der Waals surface area (Å²) in [5, 5.41) is 5.53. The second-order valence-electron chi connectivity index (χ2n) is 4.73. The number of nitrogens with zero attached hydrogens (tertiary/aromatic N) is 1. The van der Waals surface area contributed by atoms with E-state index in [9.17, 15) is 8.42 Å². The molecule has 20 heavy (non-hydrogen) atoms. The quantitative estimate of drug-likeness (QED) is 0.854. The van der Waals surface area contributed by atoms with Crippen LogP contribution in [0.25, 0.3) is 0 Å². The lowest BCUT2D eigenvalue weighted by Crippen LogP contribution is -2.15. The Morgan fingerprint density at radius 3 is 2.90 bits per heavy atom. The molecular formula is C12H15N3O2S3. The number of nitrogens with one attached hydrogen (secondary N) is 2. The molecule has 3 rings (SSSR count). The molecule has 1 fully saturated rings. The van der Waals surface area contributed by atoms with E-state index >= 15 is 0 Å². The van der Waals surface area contributed by atoms with Crippen LogP contribution in [0.1, 0.15) is 22.6 Å². The zero-order valence-electron chi connectivity index (χ0n) is 10.9. The minimum absolute atomic E-state index is 0.352. The van der Waals surface area contributed by atoms with Crippen molar-refractivity contribution in [2.75, 3.05) is 4.72 Å². The van der Waals surface area contributed by atoms with Crippen molar-refractivity contribution in [2.45, 2.75) is 37.2 Å². The summed E-state index contributed by atoms with van der Waals surface area (Å²) < 4.78 is 27.2. The van der Waals surface area contributed by atoms with E-state index in [0.717, 1.165) is 16.3 Å². The number of thiophene rings is 1. The Hall–Kier alpha value is -0.960. The first-order valence-electron chi connectivity index (χ1n) is 6.29. The maximum atomic E-state index is 12.3. The minimum Gasteiger partial charge on any atom is -0.309 e. The third-order valence-electron chi connectivity index (χ3n) is 3.01. The molecule has 108 valence electrons. The van der Waals surface area contributed by atoms with Crippen LogP contribution in [-0.4, -0.2) is 19.4 Å². The fourth-order valence-electron chi connectivity index (χ4n) is 1.85. The summed E-state index contributed by atoms with van der Waals surface area (Å²) in [5.41, 5.74) is 0. The normalized spacial score (nSPS) is 15.4. The largest absolute Gasteiger partial charge is 0.309 e. The molecule has 2 N–H and O–H groups in total. The van der Waals surface area contributed by atoms with Gasteiger partial charge in [0.15, 0.2) is 5.13 Å². The predicted octanol–water partition coefficient (Wildman–Crippen LogP) is 2.57. The highest BCUT2D eigenvalue weighted by Gasteiger charge is 2.23. The summed E-state index contributed by atoms with van der Waals surface area (Å²) in [4.78, 5) is 6.16. The van der Waals surface area contributed by atoms with E-state index < -0.39 is 10.0 Å². The molecule has 0 atom stereocenters. The Balaban J connectivity index is 1.77. The second kappa shape index (κ2) is 5.44. The van der Waals surface area contributed by atoms with E-state index in [1.54, 1.807) is 17.6 Å². The molecule has 2 heterocycles. The first-order valence-corrected chi connectivity index (χ1v) is 9.47. The van der Waals surface area contributed by atoms with Gasteiger partial charge in [-0.15, -0.1) is 22.7 Å². The zero-order valence-corrected chi connectivity index (χ0v) is 13.4. The predicted molar refractivity (Wildman–Crippen MR) is 81.8 cm³/mol. The van der Waals surface area contributed by atoms with Crippen LogP contribution in [0.15, 0.2) is 22.5 Å². The highest BCUT2D eigenvalue weighted by molar-refractivity contribution is 7.93. The van der Waals surface area contributed by atoms with Crippen LogP contribution < -0.4 is 10.0 Å². The Bertz CT molecular complexity index is 688. The van der Waals surface area contributed by atoms with Gasteiger partial charge in [-0.3, -0.25) is 4.72 Å². The van der Waals surface area contributed by atoms with E-state index in [1.165, 1.54) is 35.5 Å². The Morgan fingerprint density at radius 2 is 2.25 bits per heavy atom. The molecule has 1 saturated carbocycles. The van der Waals surface area contributed by atoms with Crippen molar-refractivity contribution in [3.63, 3.8) is 0 Å². The van der Waals surface area contributed by atoms with Gasteiger partial charge in [0, 0.05) is 33.9 Å². The van der Waals surface area contributed by atoms with Gasteiger partial charge in [-0.05, 0) is 25.8 Å². The van der Waals surface area contributed by atoms with Crippen molar-refractivity contribution in [3.8, 4) is 0 Å². The van der Waals surface area contributed by atoms with Gasteiger partial charge in [0.25, 0.3) is 10.0 Å². The molecule has 0 radical (unpaired) electrons. The Labute approximate surface area is 126 Å². The Morgan fingerprint density at radius 1 is 1.45 bits per heavy atom. The van der Waals surface area contributed by atoms with Crippen LogP contribution in [0.3, 0.4) is 0 Å². The lowest BCUT2D eigenvalue weighted by Gasteiger charge is -2.03. The number of aryl methyl sites for hydroxylation is 1. The van der Waals surface area contributed by atoms with Crippen LogP contribution in [-0.2, 0) is 16.6 Å². The third-order valence-corrected chi connectivity index (χ3v) is 6.47. The smallest absolute Gasteiger partial charge is 0.264 e. The van der Waals surface area contributed by atoms with Gasteiger partial charge in [-0.25, -0.2) is 13.4 Å². The molecule has 2 aromatic rings. The average molecular weight is 329 g/mol.